The molecule has 2 aromatic rings. The van der Waals surface area contributed by atoms with Crippen LogP contribution in [0.2, 0.25) is 0 Å². The summed E-state index contributed by atoms with van der Waals surface area (Å²) in [6.07, 6.45) is 0. The number of aromatic nitrogens is 2. The number of hydrogen-bond donors (Lipinski definition) is 1. The summed E-state index contributed by atoms with van der Waals surface area (Å²) in [5, 5.41) is 7.98. The minimum absolute atomic E-state index is 0.334. The zero-order valence-corrected chi connectivity index (χ0v) is 14.5. The van der Waals surface area contributed by atoms with Crippen molar-refractivity contribution < 1.29 is 13.9 Å². The second-order valence-electron chi connectivity index (χ2n) is 3.98. The molecular weight excluding hydrogens is 378 g/mol. The van der Waals surface area contributed by atoms with Crippen molar-refractivity contribution in [2.75, 3.05) is 12.4 Å². The van der Waals surface area contributed by atoms with E-state index in [2.05, 4.69) is 26.1 Å². The van der Waals surface area contributed by atoms with Gasteiger partial charge in [0.1, 0.15) is 6.04 Å². The van der Waals surface area contributed by atoms with Gasteiger partial charge in [0.15, 0.2) is 0 Å². The van der Waals surface area contributed by atoms with E-state index in [-0.39, 0.29) is 5.97 Å². The van der Waals surface area contributed by atoms with Gasteiger partial charge in [-0.15, -0.1) is 33.3 Å². The number of thiophene rings is 1. The number of hydrogen-bond acceptors (Lipinski definition) is 8. The molecule has 1 atom stereocenters. The van der Waals surface area contributed by atoms with Crippen molar-refractivity contribution in [1.82, 2.24) is 10.2 Å². The predicted molar refractivity (Wildman–Crippen MR) is 86.1 cm³/mol. The van der Waals surface area contributed by atoms with Crippen molar-refractivity contribution in [1.29, 1.82) is 0 Å². The van der Waals surface area contributed by atoms with Crippen LogP contribution in [0.3, 0.4) is 0 Å². The minimum atomic E-state index is -0.634. The molecule has 0 bridgehead atoms. The fourth-order valence-corrected chi connectivity index (χ4v) is 3.54. The minimum Gasteiger partial charge on any atom is -0.465 e. The average Bonchev–Trinajstić information content (AvgIpc) is 3.07. The van der Waals surface area contributed by atoms with E-state index in [1.165, 1.54) is 23.1 Å². The van der Waals surface area contributed by atoms with Gasteiger partial charge in [-0.05, 0) is 35.0 Å². The SMILES string of the molecule is CCOC(=O)C(N)CSCc1nnc(-c2ccc(Br)s2)o1. The number of carbonyl (C=O) groups excluding carboxylic acids is 1. The molecule has 0 aliphatic rings. The number of esters is 1. The molecule has 0 saturated carbocycles. The monoisotopic (exact) mass is 391 g/mol. The van der Waals surface area contributed by atoms with Gasteiger partial charge < -0.3 is 14.9 Å². The van der Waals surface area contributed by atoms with Crippen LogP contribution in [-0.4, -0.2) is 34.6 Å². The lowest BCUT2D eigenvalue weighted by atomic mass is 10.4. The van der Waals surface area contributed by atoms with E-state index < -0.39 is 6.04 Å². The molecule has 0 spiro atoms. The first-order valence-electron chi connectivity index (χ1n) is 6.18. The Labute approximate surface area is 138 Å². The summed E-state index contributed by atoms with van der Waals surface area (Å²) < 4.78 is 11.4. The molecule has 0 aliphatic heterocycles. The van der Waals surface area contributed by atoms with Gasteiger partial charge in [0.05, 0.1) is 21.0 Å². The Morgan fingerprint density at radius 1 is 1.57 bits per heavy atom. The molecule has 9 heteroatoms. The number of carbonyl (C=O) groups is 1. The second-order valence-corrected chi connectivity index (χ2v) is 7.47. The molecule has 2 heterocycles. The fraction of sp³-hybridized carbons (Fsp3) is 0.417. The van der Waals surface area contributed by atoms with Crippen molar-refractivity contribution in [3.63, 3.8) is 0 Å². The predicted octanol–water partition coefficient (Wildman–Crippen LogP) is 2.68. The Bertz CT molecular complexity index is 602. The summed E-state index contributed by atoms with van der Waals surface area (Å²) in [6, 6.07) is 3.21. The van der Waals surface area contributed by atoms with Crippen LogP contribution in [0.4, 0.5) is 0 Å². The maximum atomic E-state index is 11.4. The lowest BCUT2D eigenvalue weighted by molar-refractivity contribution is -0.144. The van der Waals surface area contributed by atoms with Crippen LogP contribution in [0.25, 0.3) is 10.8 Å². The van der Waals surface area contributed by atoms with E-state index in [1.54, 1.807) is 6.92 Å². The van der Waals surface area contributed by atoms with Crippen LogP contribution >= 0.6 is 39.0 Å². The van der Waals surface area contributed by atoms with Crippen LogP contribution in [0.15, 0.2) is 20.3 Å². The summed E-state index contributed by atoms with van der Waals surface area (Å²) in [5.41, 5.74) is 5.70. The van der Waals surface area contributed by atoms with Gasteiger partial charge in [0.25, 0.3) is 5.89 Å². The van der Waals surface area contributed by atoms with Crippen molar-refractivity contribution in [2.45, 2.75) is 18.7 Å². The third kappa shape index (κ3) is 4.80. The smallest absolute Gasteiger partial charge is 0.323 e. The van der Waals surface area contributed by atoms with Crippen molar-refractivity contribution in [2.24, 2.45) is 5.73 Å². The molecule has 0 saturated heterocycles. The van der Waals surface area contributed by atoms with Gasteiger partial charge in [-0.25, -0.2) is 0 Å². The molecular formula is C12H14BrN3O3S2. The molecule has 2 aromatic heterocycles. The van der Waals surface area contributed by atoms with Gasteiger partial charge in [-0.2, -0.15) is 0 Å². The Morgan fingerprint density at radius 2 is 2.38 bits per heavy atom. The fourth-order valence-electron chi connectivity index (χ4n) is 1.43. The quantitative estimate of drug-likeness (QED) is 0.725. The zero-order valence-electron chi connectivity index (χ0n) is 11.2. The van der Waals surface area contributed by atoms with Crippen LogP contribution in [0, 0.1) is 0 Å². The zero-order chi connectivity index (χ0) is 15.2. The maximum Gasteiger partial charge on any atom is 0.323 e. The van der Waals surface area contributed by atoms with Gasteiger partial charge in [0, 0.05) is 5.75 Å². The van der Waals surface area contributed by atoms with Crippen LogP contribution in [0.1, 0.15) is 12.8 Å². The van der Waals surface area contributed by atoms with E-state index in [1.807, 2.05) is 12.1 Å². The second kappa shape index (κ2) is 7.92. The van der Waals surface area contributed by atoms with E-state index in [0.717, 1.165) is 8.66 Å². The number of halogens is 1. The molecule has 114 valence electrons. The average molecular weight is 392 g/mol. The number of nitrogens with zero attached hydrogens (tertiary/aromatic N) is 2. The molecule has 1 unspecified atom stereocenters. The lowest BCUT2D eigenvalue weighted by Gasteiger charge is -2.08. The topological polar surface area (TPSA) is 91.2 Å². The summed E-state index contributed by atoms with van der Waals surface area (Å²) in [7, 11) is 0. The Morgan fingerprint density at radius 3 is 3.05 bits per heavy atom. The Balaban J connectivity index is 1.82. The van der Waals surface area contributed by atoms with Crippen LogP contribution in [0.5, 0.6) is 0 Å². The van der Waals surface area contributed by atoms with Crippen LogP contribution < -0.4 is 5.73 Å². The van der Waals surface area contributed by atoms with Gasteiger partial charge in [0.2, 0.25) is 5.89 Å². The van der Waals surface area contributed by atoms with Gasteiger partial charge in [-0.3, -0.25) is 4.79 Å². The van der Waals surface area contributed by atoms with Gasteiger partial charge in [-0.1, -0.05) is 0 Å². The maximum absolute atomic E-state index is 11.4. The number of nitrogens with two attached hydrogens (primary N) is 1. The highest BCUT2D eigenvalue weighted by Gasteiger charge is 2.16. The van der Waals surface area contributed by atoms with Crippen molar-refractivity contribution in [3.8, 4) is 10.8 Å². The Hall–Kier alpha value is -0.900. The summed E-state index contributed by atoms with van der Waals surface area (Å²) in [4.78, 5) is 12.3. The molecule has 0 aromatic carbocycles. The third-order valence-electron chi connectivity index (χ3n) is 2.36. The largest absolute Gasteiger partial charge is 0.465 e. The summed E-state index contributed by atoms with van der Waals surface area (Å²) in [5.74, 6) is 1.57. The molecule has 6 nitrogen and oxygen atoms in total. The first kappa shape index (κ1) is 16.5. The highest BCUT2D eigenvalue weighted by molar-refractivity contribution is 9.11. The molecule has 0 amide bonds. The number of thioether (sulfide) groups is 1. The Kier molecular flexibility index (Phi) is 6.22. The number of rotatable bonds is 7. The first-order chi connectivity index (χ1) is 10.1. The standard InChI is InChI=1S/C12H14BrN3O3S2/c1-2-18-12(17)7(14)5-20-6-10-15-16-11(19-10)8-3-4-9(13)21-8/h3-4,7H,2,5-6,14H2,1H3. The molecule has 2 rings (SSSR count). The van der Waals surface area contributed by atoms with Crippen molar-refractivity contribution in [3.05, 3.63) is 21.8 Å². The molecule has 21 heavy (non-hydrogen) atoms. The lowest BCUT2D eigenvalue weighted by Crippen LogP contribution is -2.34. The summed E-state index contributed by atoms with van der Waals surface area (Å²) in [6.45, 7) is 2.08. The van der Waals surface area contributed by atoms with E-state index in [4.69, 9.17) is 14.9 Å². The normalized spacial score (nSPS) is 12.3. The first-order valence-corrected chi connectivity index (χ1v) is 8.94. The highest BCUT2D eigenvalue weighted by Crippen LogP contribution is 2.30. The third-order valence-corrected chi connectivity index (χ3v) is 5.02. The number of ether oxygens (including phenoxy) is 1. The highest BCUT2D eigenvalue weighted by atomic mass is 79.9. The van der Waals surface area contributed by atoms with E-state index in [0.29, 0.717) is 29.9 Å². The molecule has 0 radical (unpaired) electrons. The van der Waals surface area contributed by atoms with Gasteiger partial charge >= 0.3 is 5.97 Å². The van der Waals surface area contributed by atoms with E-state index >= 15 is 0 Å². The molecule has 0 aliphatic carbocycles. The van der Waals surface area contributed by atoms with Crippen molar-refractivity contribution >= 4 is 45.0 Å². The molecule has 0 fully saturated rings. The van der Waals surface area contributed by atoms with E-state index in [9.17, 15) is 4.79 Å². The van der Waals surface area contributed by atoms with Crippen LogP contribution in [-0.2, 0) is 15.3 Å². The molecule has 2 N–H and O–H groups in total. The summed E-state index contributed by atoms with van der Waals surface area (Å²) >= 11 is 6.37.